The molecule has 2 saturated heterocycles. The Balaban J connectivity index is 1.50. The van der Waals surface area contributed by atoms with E-state index in [0.29, 0.717) is 18.5 Å². The van der Waals surface area contributed by atoms with Crippen molar-refractivity contribution in [1.29, 1.82) is 0 Å². The van der Waals surface area contributed by atoms with Crippen molar-refractivity contribution < 1.29 is 29.4 Å². The molecule has 10 nitrogen and oxygen atoms in total. The number of hydrogen-bond donors (Lipinski definition) is 5. The Labute approximate surface area is 180 Å². The van der Waals surface area contributed by atoms with Crippen LogP contribution in [0.2, 0.25) is 0 Å². The topological polar surface area (TPSA) is 148 Å². The van der Waals surface area contributed by atoms with Crippen LogP contribution in [0.3, 0.4) is 0 Å². The van der Waals surface area contributed by atoms with E-state index in [0.717, 1.165) is 25.8 Å². The van der Waals surface area contributed by atoms with Crippen molar-refractivity contribution in [1.82, 2.24) is 20.9 Å². The number of nitrogens with zero attached hydrogens (tertiary/aromatic N) is 1. The van der Waals surface area contributed by atoms with Gasteiger partial charge in [-0.3, -0.25) is 14.4 Å². The first kappa shape index (κ1) is 22.5. The van der Waals surface area contributed by atoms with E-state index in [1.807, 2.05) is 0 Å². The van der Waals surface area contributed by atoms with Crippen LogP contribution in [0.4, 0.5) is 0 Å². The van der Waals surface area contributed by atoms with E-state index in [9.17, 15) is 29.4 Å². The SMILES string of the molecule is O=C(CNC(=O)C1CCCN1C(=O)C1CCCN1)NC(Cc1ccc(O)cc1)C(=O)O. The minimum atomic E-state index is -1.20. The number of aromatic hydroxyl groups is 1. The lowest BCUT2D eigenvalue weighted by atomic mass is 10.1. The predicted octanol–water partition coefficient (Wildman–Crippen LogP) is -0.637. The van der Waals surface area contributed by atoms with Gasteiger partial charge in [-0.25, -0.2) is 4.79 Å². The van der Waals surface area contributed by atoms with Gasteiger partial charge in [0.05, 0.1) is 12.6 Å². The fraction of sp³-hybridized carbons (Fsp3) is 0.524. The van der Waals surface area contributed by atoms with E-state index in [4.69, 9.17) is 0 Å². The predicted molar refractivity (Wildman–Crippen MR) is 110 cm³/mol. The molecule has 5 N–H and O–H groups in total. The highest BCUT2D eigenvalue weighted by Crippen LogP contribution is 2.20. The highest BCUT2D eigenvalue weighted by atomic mass is 16.4. The molecule has 168 valence electrons. The summed E-state index contributed by atoms with van der Waals surface area (Å²) in [6.07, 6.45) is 2.97. The lowest BCUT2D eigenvalue weighted by Gasteiger charge is -2.26. The summed E-state index contributed by atoms with van der Waals surface area (Å²) < 4.78 is 0. The highest BCUT2D eigenvalue weighted by Gasteiger charge is 2.37. The third-order valence-corrected chi connectivity index (χ3v) is 5.63. The minimum Gasteiger partial charge on any atom is -0.508 e. The van der Waals surface area contributed by atoms with Crippen molar-refractivity contribution >= 4 is 23.7 Å². The summed E-state index contributed by atoms with van der Waals surface area (Å²) in [5.74, 6) is -2.27. The number of rotatable bonds is 8. The van der Waals surface area contributed by atoms with Crippen LogP contribution in [0.5, 0.6) is 5.75 Å². The molecule has 3 unspecified atom stereocenters. The van der Waals surface area contributed by atoms with Crippen molar-refractivity contribution in [2.45, 2.75) is 50.2 Å². The van der Waals surface area contributed by atoms with Gasteiger partial charge in [0.15, 0.2) is 0 Å². The van der Waals surface area contributed by atoms with Gasteiger partial charge >= 0.3 is 5.97 Å². The number of likely N-dealkylation sites (tertiary alicyclic amines) is 1. The average Bonchev–Trinajstić information content (AvgIpc) is 3.44. The Morgan fingerprint density at radius 1 is 1.13 bits per heavy atom. The van der Waals surface area contributed by atoms with Gasteiger partial charge in [-0.2, -0.15) is 0 Å². The van der Waals surface area contributed by atoms with E-state index in [-0.39, 0.29) is 30.7 Å². The molecular weight excluding hydrogens is 404 g/mol. The van der Waals surface area contributed by atoms with Crippen molar-refractivity contribution in [2.24, 2.45) is 0 Å². The van der Waals surface area contributed by atoms with Crippen LogP contribution in [-0.2, 0) is 25.6 Å². The second kappa shape index (κ2) is 10.3. The summed E-state index contributed by atoms with van der Waals surface area (Å²) in [7, 11) is 0. The smallest absolute Gasteiger partial charge is 0.326 e. The standard InChI is InChI=1S/C21H28N4O6/c26-14-7-5-13(6-8-14)11-16(21(30)31)24-18(27)12-23-19(28)17-4-2-10-25(17)20(29)15-3-1-9-22-15/h5-8,15-17,22,26H,1-4,9-12H2,(H,23,28)(H,24,27)(H,30,31). The van der Waals surface area contributed by atoms with E-state index in [1.54, 1.807) is 17.0 Å². The number of amides is 3. The molecule has 2 heterocycles. The molecule has 31 heavy (non-hydrogen) atoms. The third-order valence-electron chi connectivity index (χ3n) is 5.63. The lowest BCUT2D eigenvalue weighted by molar-refractivity contribution is -0.142. The number of hydrogen-bond acceptors (Lipinski definition) is 6. The largest absolute Gasteiger partial charge is 0.508 e. The number of carboxylic acid groups (broad SMARTS) is 1. The minimum absolute atomic E-state index is 0.0363. The molecular formula is C21H28N4O6. The zero-order chi connectivity index (χ0) is 22.4. The maximum Gasteiger partial charge on any atom is 0.326 e. The van der Waals surface area contributed by atoms with Crippen LogP contribution < -0.4 is 16.0 Å². The van der Waals surface area contributed by atoms with E-state index in [2.05, 4.69) is 16.0 Å². The average molecular weight is 432 g/mol. The van der Waals surface area contributed by atoms with Crippen LogP contribution in [0.1, 0.15) is 31.2 Å². The normalized spacial score (nSPS) is 21.5. The highest BCUT2D eigenvalue weighted by molar-refractivity contribution is 5.93. The van der Waals surface area contributed by atoms with E-state index < -0.39 is 29.9 Å². The molecule has 2 fully saturated rings. The van der Waals surface area contributed by atoms with Gasteiger partial charge in [-0.1, -0.05) is 12.1 Å². The summed E-state index contributed by atoms with van der Waals surface area (Å²) in [6, 6.07) is 3.97. The molecule has 0 radical (unpaired) electrons. The van der Waals surface area contributed by atoms with Gasteiger partial charge < -0.3 is 31.1 Å². The second-order valence-corrected chi connectivity index (χ2v) is 7.89. The zero-order valence-electron chi connectivity index (χ0n) is 17.2. The van der Waals surface area contributed by atoms with Crippen LogP contribution in [0.25, 0.3) is 0 Å². The number of aliphatic carboxylic acids is 1. The molecule has 2 aliphatic heterocycles. The van der Waals surface area contributed by atoms with Crippen LogP contribution in [0.15, 0.2) is 24.3 Å². The van der Waals surface area contributed by atoms with Gasteiger partial charge in [-0.05, 0) is 49.9 Å². The molecule has 0 aromatic heterocycles. The van der Waals surface area contributed by atoms with Gasteiger partial charge in [0.1, 0.15) is 17.8 Å². The molecule has 2 aliphatic rings. The Kier molecular flexibility index (Phi) is 7.45. The zero-order valence-corrected chi connectivity index (χ0v) is 17.2. The fourth-order valence-electron chi connectivity index (χ4n) is 4.00. The van der Waals surface area contributed by atoms with Crippen molar-refractivity contribution in [3.8, 4) is 5.75 Å². The molecule has 10 heteroatoms. The molecule has 0 spiro atoms. The first-order valence-corrected chi connectivity index (χ1v) is 10.5. The summed E-state index contributed by atoms with van der Waals surface area (Å²) in [6.45, 7) is 0.920. The Hall–Kier alpha value is -3.14. The molecule has 0 bridgehead atoms. The van der Waals surface area contributed by atoms with Gasteiger partial charge in [-0.15, -0.1) is 0 Å². The van der Waals surface area contributed by atoms with Crippen LogP contribution in [-0.4, -0.2) is 76.6 Å². The first-order valence-electron chi connectivity index (χ1n) is 10.5. The van der Waals surface area contributed by atoms with Crippen molar-refractivity contribution in [3.63, 3.8) is 0 Å². The van der Waals surface area contributed by atoms with Crippen LogP contribution in [0, 0.1) is 0 Å². The van der Waals surface area contributed by atoms with Gasteiger partial charge in [0.25, 0.3) is 0 Å². The fourth-order valence-corrected chi connectivity index (χ4v) is 4.00. The molecule has 1 aromatic rings. The number of nitrogens with one attached hydrogen (secondary N) is 3. The summed E-state index contributed by atoms with van der Waals surface area (Å²) in [4.78, 5) is 50.5. The van der Waals surface area contributed by atoms with Crippen molar-refractivity contribution in [2.75, 3.05) is 19.6 Å². The molecule has 1 aromatic carbocycles. The maximum absolute atomic E-state index is 12.6. The second-order valence-electron chi connectivity index (χ2n) is 7.89. The molecule has 3 atom stereocenters. The first-order chi connectivity index (χ1) is 14.8. The Morgan fingerprint density at radius 3 is 2.52 bits per heavy atom. The van der Waals surface area contributed by atoms with E-state index >= 15 is 0 Å². The maximum atomic E-state index is 12.6. The van der Waals surface area contributed by atoms with Gasteiger partial charge in [0, 0.05) is 13.0 Å². The molecule has 3 rings (SSSR count). The third kappa shape index (κ3) is 5.94. The van der Waals surface area contributed by atoms with Gasteiger partial charge in [0.2, 0.25) is 17.7 Å². The molecule has 0 aliphatic carbocycles. The monoisotopic (exact) mass is 432 g/mol. The Morgan fingerprint density at radius 2 is 1.87 bits per heavy atom. The quantitative estimate of drug-likeness (QED) is 0.367. The van der Waals surface area contributed by atoms with E-state index in [1.165, 1.54) is 12.1 Å². The number of phenolic OH excluding ortho intramolecular Hbond substituents is 1. The number of benzene rings is 1. The summed E-state index contributed by atoms with van der Waals surface area (Å²) in [5.41, 5.74) is 0.634. The summed E-state index contributed by atoms with van der Waals surface area (Å²) in [5, 5.41) is 26.8. The van der Waals surface area contributed by atoms with Crippen LogP contribution >= 0.6 is 0 Å². The molecule has 0 saturated carbocycles. The lowest BCUT2D eigenvalue weighted by Crippen LogP contribution is -2.53. The Bertz CT molecular complexity index is 822. The number of phenols is 1. The number of carbonyl (C=O) groups excluding carboxylic acids is 3. The number of carboxylic acids is 1. The number of carbonyl (C=O) groups is 4. The summed E-state index contributed by atoms with van der Waals surface area (Å²) >= 11 is 0. The van der Waals surface area contributed by atoms with Crippen molar-refractivity contribution in [3.05, 3.63) is 29.8 Å². The molecule has 3 amide bonds.